The van der Waals surface area contributed by atoms with Crippen molar-refractivity contribution < 1.29 is 4.79 Å². The Morgan fingerprint density at radius 3 is 2.32 bits per heavy atom. The number of nitrogens with one attached hydrogen (secondary N) is 3. The predicted molar refractivity (Wildman–Crippen MR) is 109 cm³/mol. The Balaban J connectivity index is 0.00000156. The molecule has 1 atom stereocenters. The highest BCUT2D eigenvalue weighted by Gasteiger charge is 2.29. The van der Waals surface area contributed by atoms with Crippen LogP contribution in [0.3, 0.4) is 0 Å². The standard InChI is InChI=1S/C18H28N4O.2ClH/c1-13(14-11-19-12-14)18(23)21-17-6-4-3-5-16(17)20-15-7-9-22(2)10-8-15;;/h3-6,13-15,19-20H,7-12H2,1-2H3,(H,21,23);2*1H. The Morgan fingerprint density at radius 2 is 1.76 bits per heavy atom. The van der Waals surface area contributed by atoms with E-state index >= 15 is 0 Å². The van der Waals surface area contributed by atoms with Crippen molar-refractivity contribution in [2.75, 3.05) is 43.9 Å². The Hall–Kier alpha value is -1.01. The summed E-state index contributed by atoms with van der Waals surface area (Å²) in [6.45, 7) is 6.16. The Labute approximate surface area is 163 Å². The molecule has 0 radical (unpaired) electrons. The monoisotopic (exact) mass is 388 g/mol. The molecule has 25 heavy (non-hydrogen) atoms. The average Bonchev–Trinajstić information content (AvgIpc) is 2.49. The number of piperidine rings is 1. The molecule has 1 aromatic carbocycles. The molecule has 0 aromatic heterocycles. The van der Waals surface area contributed by atoms with Crippen LogP contribution in [0.5, 0.6) is 0 Å². The average molecular weight is 389 g/mol. The minimum atomic E-state index is 0. The minimum Gasteiger partial charge on any atom is -0.381 e. The summed E-state index contributed by atoms with van der Waals surface area (Å²) in [5.74, 6) is 0.630. The van der Waals surface area contributed by atoms with Crippen LogP contribution in [0.2, 0.25) is 0 Å². The fourth-order valence-corrected chi connectivity index (χ4v) is 3.22. The lowest BCUT2D eigenvalue weighted by Crippen LogP contribution is -2.48. The molecule has 3 N–H and O–H groups in total. The predicted octanol–water partition coefficient (Wildman–Crippen LogP) is 2.83. The number of hydrogen-bond donors (Lipinski definition) is 3. The number of amides is 1. The highest BCUT2D eigenvalue weighted by Crippen LogP contribution is 2.26. The van der Waals surface area contributed by atoms with Crippen LogP contribution in [0.1, 0.15) is 19.8 Å². The van der Waals surface area contributed by atoms with Gasteiger partial charge in [0.05, 0.1) is 11.4 Å². The SMILES string of the molecule is CC(C(=O)Nc1ccccc1NC1CCN(C)CC1)C1CNC1.Cl.Cl. The van der Waals surface area contributed by atoms with Gasteiger partial charge in [0.25, 0.3) is 0 Å². The molecule has 5 nitrogen and oxygen atoms in total. The van der Waals surface area contributed by atoms with Crippen molar-refractivity contribution >= 4 is 42.1 Å². The summed E-state index contributed by atoms with van der Waals surface area (Å²) in [6, 6.07) is 8.53. The van der Waals surface area contributed by atoms with Crippen molar-refractivity contribution in [2.24, 2.45) is 11.8 Å². The zero-order valence-corrected chi connectivity index (χ0v) is 16.6. The first-order valence-electron chi connectivity index (χ1n) is 8.69. The van der Waals surface area contributed by atoms with E-state index in [4.69, 9.17) is 0 Å². The number of halogens is 2. The fraction of sp³-hybridized carbons (Fsp3) is 0.611. The molecule has 2 heterocycles. The summed E-state index contributed by atoms with van der Waals surface area (Å²) in [4.78, 5) is 14.8. The molecule has 7 heteroatoms. The molecule has 2 saturated heterocycles. The number of nitrogens with zero attached hydrogens (tertiary/aromatic N) is 1. The van der Waals surface area contributed by atoms with Crippen LogP contribution in [0.4, 0.5) is 11.4 Å². The number of benzene rings is 1. The number of hydrogen-bond acceptors (Lipinski definition) is 4. The second kappa shape index (κ2) is 10.2. The van der Waals surface area contributed by atoms with Crippen LogP contribution in [0.15, 0.2) is 24.3 Å². The van der Waals surface area contributed by atoms with Crippen LogP contribution in [-0.2, 0) is 4.79 Å². The van der Waals surface area contributed by atoms with Gasteiger partial charge in [-0.1, -0.05) is 19.1 Å². The van der Waals surface area contributed by atoms with Crippen LogP contribution in [0.25, 0.3) is 0 Å². The van der Waals surface area contributed by atoms with Gasteiger partial charge in [0.2, 0.25) is 5.91 Å². The number of likely N-dealkylation sites (tertiary alicyclic amines) is 1. The zero-order valence-electron chi connectivity index (χ0n) is 15.0. The third-order valence-electron chi connectivity index (χ3n) is 5.20. The number of para-hydroxylation sites is 2. The van der Waals surface area contributed by atoms with Crippen molar-refractivity contribution in [3.8, 4) is 0 Å². The molecule has 0 bridgehead atoms. The summed E-state index contributed by atoms with van der Waals surface area (Å²) in [6.07, 6.45) is 2.28. The van der Waals surface area contributed by atoms with Crippen LogP contribution >= 0.6 is 24.8 Å². The molecule has 2 fully saturated rings. The topological polar surface area (TPSA) is 56.4 Å². The molecule has 3 rings (SSSR count). The molecule has 0 saturated carbocycles. The van der Waals surface area contributed by atoms with Crippen LogP contribution < -0.4 is 16.0 Å². The molecule has 1 unspecified atom stereocenters. The second-order valence-corrected chi connectivity index (χ2v) is 6.96. The van der Waals surface area contributed by atoms with Crippen molar-refractivity contribution in [1.82, 2.24) is 10.2 Å². The van der Waals surface area contributed by atoms with Crippen LogP contribution in [0, 0.1) is 11.8 Å². The molecule has 142 valence electrons. The van der Waals surface area contributed by atoms with Gasteiger partial charge < -0.3 is 20.9 Å². The van der Waals surface area contributed by atoms with E-state index < -0.39 is 0 Å². The van der Waals surface area contributed by atoms with E-state index in [0.717, 1.165) is 50.4 Å². The van der Waals surface area contributed by atoms with E-state index in [9.17, 15) is 4.79 Å². The zero-order chi connectivity index (χ0) is 16.2. The first kappa shape index (κ1) is 22.0. The minimum absolute atomic E-state index is 0. The maximum absolute atomic E-state index is 12.5. The fourth-order valence-electron chi connectivity index (χ4n) is 3.22. The summed E-state index contributed by atoms with van der Waals surface area (Å²) in [5, 5.41) is 9.97. The smallest absolute Gasteiger partial charge is 0.227 e. The summed E-state index contributed by atoms with van der Waals surface area (Å²) in [7, 11) is 2.17. The van der Waals surface area contributed by atoms with E-state index in [2.05, 4.69) is 34.0 Å². The van der Waals surface area contributed by atoms with Gasteiger partial charge in [0.1, 0.15) is 0 Å². The quantitative estimate of drug-likeness (QED) is 0.725. The summed E-state index contributed by atoms with van der Waals surface area (Å²) >= 11 is 0. The van der Waals surface area contributed by atoms with Gasteiger partial charge in [0, 0.05) is 12.0 Å². The summed E-state index contributed by atoms with van der Waals surface area (Å²) in [5.41, 5.74) is 1.94. The van der Waals surface area contributed by atoms with Gasteiger partial charge in [-0.3, -0.25) is 4.79 Å². The van der Waals surface area contributed by atoms with E-state index in [1.165, 1.54) is 0 Å². The molecule has 0 aliphatic carbocycles. The Kier molecular flexibility index (Phi) is 9.00. The largest absolute Gasteiger partial charge is 0.381 e. The lowest BCUT2D eigenvalue weighted by Gasteiger charge is -2.32. The number of rotatable bonds is 5. The molecule has 2 aliphatic rings. The van der Waals surface area contributed by atoms with Crippen molar-refractivity contribution in [3.05, 3.63) is 24.3 Å². The first-order chi connectivity index (χ1) is 11.1. The van der Waals surface area contributed by atoms with Crippen LogP contribution in [-0.4, -0.2) is 50.1 Å². The molecular formula is C18H30Cl2N4O. The Morgan fingerprint density at radius 1 is 1.16 bits per heavy atom. The van der Waals surface area contributed by atoms with E-state index in [1.807, 2.05) is 25.1 Å². The van der Waals surface area contributed by atoms with Crippen molar-refractivity contribution in [1.29, 1.82) is 0 Å². The van der Waals surface area contributed by atoms with Crippen molar-refractivity contribution in [2.45, 2.75) is 25.8 Å². The molecule has 2 aliphatic heterocycles. The second-order valence-electron chi connectivity index (χ2n) is 6.96. The highest BCUT2D eigenvalue weighted by atomic mass is 35.5. The van der Waals surface area contributed by atoms with Gasteiger partial charge in [-0.15, -0.1) is 24.8 Å². The van der Waals surface area contributed by atoms with E-state index in [1.54, 1.807) is 0 Å². The third kappa shape index (κ3) is 5.74. The van der Waals surface area contributed by atoms with E-state index in [-0.39, 0.29) is 36.6 Å². The first-order valence-corrected chi connectivity index (χ1v) is 8.69. The maximum Gasteiger partial charge on any atom is 0.227 e. The highest BCUT2D eigenvalue weighted by molar-refractivity contribution is 5.95. The van der Waals surface area contributed by atoms with Crippen molar-refractivity contribution in [3.63, 3.8) is 0 Å². The normalized spacial score (nSPS) is 19.8. The maximum atomic E-state index is 12.5. The van der Waals surface area contributed by atoms with Gasteiger partial charge in [-0.05, 0) is 64.1 Å². The third-order valence-corrected chi connectivity index (χ3v) is 5.20. The van der Waals surface area contributed by atoms with Gasteiger partial charge in [-0.2, -0.15) is 0 Å². The lowest BCUT2D eigenvalue weighted by molar-refractivity contribution is -0.121. The Bertz CT molecular complexity index is 546. The van der Waals surface area contributed by atoms with E-state index in [0.29, 0.717) is 12.0 Å². The number of carbonyl (C=O) groups is 1. The molecule has 1 aromatic rings. The van der Waals surface area contributed by atoms with Gasteiger partial charge in [0.15, 0.2) is 0 Å². The van der Waals surface area contributed by atoms with Gasteiger partial charge >= 0.3 is 0 Å². The number of anilines is 2. The molecule has 1 amide bonds. The summed E-state index contributed by atoms with van der Waals surface area (Å²) < 4.78 is 0. The number of carbonyl (C=O) groups excluding carboxylic acids is 1. The molecule has 0 spiro atoms. The lowest BCUT2D eigenvalue weighted by atomic mass is 9.88. The molecular weight excluding hydrogens is 359 g/mol. The van der Waals surface area contributed by atoms with Gasteiger partial charge in [-0.25, -0.2) is 0 Å².